The van der Waals surface area contributed by atoms with E-state index in [1.165, 1.54) is 11.5 Å². The Morgan fingerprint density at radius 3 is 2.73 bits per heavy atom. The average Bonchev–Trinajstić information content (AvgIpc) is 1.77. The Morgan fingerprint density at radius 1 is 1.73 bits per heavy atom. The first kappa shape index (κ1) is 9.55. The van der Waals surface area contributed by atoms with Crippen molar-refractivity contribution in [2.24, 2.45) is 0 Å². The SMILES string of the molecule is CC(CS(C)=O)NC1CSC1. The van der Waals surface area contributed by atoms with Gasteiger partial charge in [0.2, 0.25) is 0 Å². The van der Waals surface area contributed by atoms with E-state index in [4.69, 9.17) is 0 Å². The van der Waals surface area contributed by atoms with Gasteiger partial charge in [0.05, 0.1) is 0 Å². The Labute approximate surface area is 75.0 Å². The molecule has 1 saturated heterocycles. The van der Waals surface area contributed by atoms with Crippen LogP contribution < -0.4 is 5.32 Å². The van der Waals surface area contributed by atoms with Crippen LogP contribution in [0.2, 0.25) is 0 Å². The summed E-state index contributed by atoms with van der Waals surface area (Å²) in [7, 11) is -0.659. The zero-order chi connectivity index (χ0) is 8.27. The van der Waals surface area contributed by atoms with Crippen LogP contribution in [0.25, 0.3) is 0 Å². The summed E-state index contributed by atoms with van der Waals surface area (Å²) in [5, 5.41) is 3.43. The maximum atomic E-state index is 10.8. The molecule has 0 saturated carbocycles. The summed E-state index contributed by atoms with van der Waals surface area (Å²) >= 11 is 1.97. The largest absolute Gasteiger partial charge is 0.309 e. The van der Waals surface area contributed by atoms with Gasteiger partial charge >= 0.3 is 0 Å². The molecule has 0 bridgehead atoms. The smallest absolute Gasteiger partial charge is 0.0383 e. The van der Waals surface area contributed by atoms with Crippen LogP contribution in [0.15, 0.2) is 0 Å². The summed E-state index contributed by atoms with van der Waals surface area (Å²) in [5.41, 5.74) is 0. The minimum atomic E-state index is -0.659. The number of nitrogens with one attached hydrogen (secondary N) is 1. The van der Waals surface area contributed by atoms with E-state index in [0.717, 1.165) is 5.75 Å². The second-order valence-corrected chi connectivity index (χ2v) is 5.60. The zero-order valence-electron chi connectivity index (χ0n) is 7.00. The molecule has 0 aromatic carbocycles. The maximum absolute atomic E-state index is 10.8. The van der Waals surface area contributed by atoms with Crippen LogP contribution in [0.4, 0.5) is 0 Å². The van der Waals surface area contributed by atoms with Gasteiger partial charge in [0.25, 0.3) is 0 Å². The lowest BCUT2D eigenvalue weighted by Crippen LogP contribution is -2.46. The van der Waals surface area contributed by atoms with Crippen molar-refractivity contribution in [2.45, 2.75) is 19.0 Å². The summed E-state index contributed by atoms with van der Waals surface area (Å²) in [6.45, 7) is 2.10. The third kappa shape index (κ3) is 3.58. The molecule has 1 N–H and O–H groups in total. The lowest BCUT2D eigenvalue weighted by Gasteiger charge is -2.29. The predicted molar refractivity (Wildman–Crippen MR) is 52.6 cm³/mol. The van der Waals surface area contributed by atoms with Crippen LogP contribution in [-0.4, -0.2) is 39.8 Å². The van der Waals surface area contributed by atoms with Crippen LogP contribution >= 0.6 is 11.8 Å². The van der Waals surface area contributed by atoms with Gasteiger partial charge in [0, 0.05) is 46.4 Å². The van der Waals surface area contributed by atoms with Gasteiger partial charge < -0.3 is 5.32 Å². The number of thioether (sulfide) groups is 1. The molecule has 4 heteroatoms. The molecule has 1 aliphatic rings. The Bertz CT molecular complexity index is 147. The lowest BCUT2D eigenvalue weighted by molar-refractivity contribution is 0.516. The van der Waals surface area contributed by atoms with E-state index in [9.17, 15) is 4.21 Å². The van der Waals surface area contributed by atoms with Crippen LogP contribution in [-0.2, 0) is 10.8 Å². The molecule has 1 heterocycles. The van der Waals surface area contributed by atoms with Gasteiger partial charge in [-0.3, -0.25) is 4.21 Å². The van der Waals surface area contributed by atoms with Crippen LogP contribution in [0.1, 0.15) is 6.92 Å². The highest BCUT2D eigenvalue weighted by molar-refractivity contribution is 8.00. The highest BCUT2D eigenvalue weighted by Crippen LogP contribution is 2.17. The molecule has 11 heavy (non-hydrogen) atoms. The van der Waals surface area contributed by atoms with E-state index in [-0.39, 0.29) is 0 Å². The highest BCUT2D eigenvalue weighted by atomic mass is 32.2. The van der Waals surface area contributed by atoms with E-state index in [0.29, 0.717) is 12.1 Å². The molecule has 0 amide bonds. The topological polar surface area (TPSA) is 29.1 Å². The van der Waals surface area contributed by atoms with Gasteiger partial charge in [-0.2, -0.15) is 11.8 Å². The predicted octanol–water partition coefficient (Wildman–Crippen LogP) is 0.458. The van der Waals surface area contributed by atoms with Crippen LogP contribution in [0.5, 0.6) is 0 Å². The van der Waals surface area contributed by atoms with Crippen LogP contribution in [0, 0.1) is 0 Å². The van der Waals surface area contributed by atoms with Crippen molar-refractivity contribution in [1.29, 1.82) is 0 Å². The Balaban J connectivity index is 2.09. The third-order valence-electron chi connectivity index (χ3n) is 1.64. The fraction of sp³-hybridized carbons (Fsp3) is 1.00. The molecular formula is C7H15NOS2. The van der Waals surface area contributed by atoms with E-state index in [2.05, 4.69) is 12.2 Å². The van der Waals surface area contributed by atoms with Crippen molar-refractivity contribution in [1.82, 2.24) is 5.32 Å². The van der Waals surface area contributed by atoms with E-state index in [1.54, 1.807) is 6.26 Å². The van der Waals surface area contributed by atoms with Gasteiger partial charge in [-0.1, -0.05) is 0 Å². The van der Waals surface area contributed by atoms with Crippen molar-refractivity contribution < 1.29 is 4.21 Å². The molecule has 0 aromatic rings. The number of rotatable bonds is 4. The normalized spacial score (nSPS) is 24.2. The summed E-state index contributed by atoms with van der Waals surface area (Å²) < 4.78 is 10.8. The summed E-state index contributed by atoms with van der Waals surface area (Å²) in [6, 6.07) is 1.09. The van der Waals surface area contributed by atoms with Crippen molar-refractivity contribution >= 4 is 22.6 Å². The fourth-order valence-corrected chi connectivity index (χ4v) is 2.60. The fourth-order valence-electron chi connectivity index (χ4n) is 1.13. The van der Waals surface area contributed by atoms with Gasteiger partial charge in [-0.25, -0.2) is 0 Å². The quantitative estimate of drug-likeness (QED) is 0.703. The molecule has 2 atom stereocenters. The van der Waals surface area contributed by atoms with E-state index < -0.39 is 10.8 Å². The molecule has 2 unspecified atom stereocenters. The Hall–Kier alpha value is 0.460. The first-order chi connectivity index (χ1) is 5.18. The summed E-state index contributed by atoms with van der Waals surface area (Å²) in [4.78, 5) is 0. The van der Waals surface area contributed by atoms with Gasteiger partial charge in [0.1, 0.15) is 0 Å². The molecule has 1 fully saturated rings. The zero-order valence-corrected chi connectivity index (χ0v) is 8.63. The van der Waals surface area contributed by atoms with Crippen LogP contribution in [0.3, 0.4) is 0 Å². The number of hydrogen-bond donors (Lipinski definition) is 1. The van der Waals surface area contributed by atoms with Crippen molar-refractivity contribution in [2.75, 3.05) is 23.5 Å². The summed E-state index contributed by atoms with van der Waals surface area (Å²) in [5.74, 6) is 3.22. The molecule has 1 aliphatic heterocycles. The Kier molecular flexibility index (Phi) is 3.89. The van der Waals surface area contributed by atoms with Gasteiger partial charge in [-0.05, 0) is 6.92 Å². The van der Waals surface area contributed by atoms with E-state index in [1.807, 2.05) is 11.8 Å². The van der Waals surface area contributed by atoms with Crippen molar-refractivity contribution in [3.63, 3.8) is 0 Å². The second-order valence-electron chi connectivity index (χ2n) is 3.04. The molecule has 0 spiro atoms. The average molecular weight is 193 g/mol. The number of hydrogen-bond acceptors (Lipinski definition) is 3. The highest BCUT2D eigenvalue weighted by Gasteiger charge is 2.19. The first-order valence-electron chi connectivity index (χ1n) is 3.82. The van der Waals surface area contributed by atoms with Gasteiger partial charge in [-0.15, -0.1) is 0 Å². The minimum absolute atomic E-state index is 0.409. The Morgan fingerprint density at radius 2 is 2.36 bits per heavy atom. The first-order valence-corrected chi connectivity index (χ1v) is 6.70. The maximum Gasteiger partial charge on any atom is 0.0383 e. The second kappa shape index (κ2) is 4.48. The third-order valence-corrected chi connectivity index (χ3v) is 3.89. The van der Waals surface area contributed by atoms with Crippen molar-refractivity contribution in [3.8, 4) is 0 Å². The molecule has 0 aromatic heterocycles. The summed E-state index contributed by atoms with van der Waals surface area (Å²) in [6.07, 6.45) is 1.76. The molecule has 66 valence electrons. The van der Waals surface area contributed by atoms with E-state index >= 15 is 0 Å². The van der Waals surface area contributed by atoms with Gasteiger partial charge in [0.15, 0.2) is 0 Å². The minimum Gasteiger partial charge on any atom is -0.309 e. The lowest BCUT2D eigenvalue weighted by atomic mass is 10.3. The molecular weight excluding hydrogens is 178 g/mol. The van der Waals surface area contributed by atoms with Crippen molar-refractivity contribution in [3.05, 3.63) is 0 Å². The monoisotopic (exact) mass is 193 g/mol. The molecule has 0 aliphatic carbocycles. The molecule has 0 radical (unpaired) electrons. The molecule has 2 nitrogen and oxygen atoms in total. The molecule has 1 rings (SSSR count). The standard InChI is InChI=1S/C7H15NOS2/c1-6(5-11(2)9)8-7-3-10-4-7/h6-8H,3-5H2,1-2H3.